The molecule has 6 aromatic rings. The molecule has 0 saturated heterocycles. The standard InChI is InChI=1S/C100H138N10O24/c1-93(2,3)129-81(111)19-25-123-57-99(58-124-26-20-82(112)130-94(4,5)6,59-125-27-21-83(113)131-95(7,8)9)109-91(121)79-45-75-43-76(46-79)88(118)106-54-68-34-70(42-74(40-68)72-37-65(51-103)32-66(38-72)52-104)56-108-90(120)78-44-77(89(119)107-55-69-33-67(53-105-87(75)117)39-73(41-69)71-35-63(49-101)31-64(36-71)50-102)47-80(48-78)92(122)110-100(60-126-28-22-84(114)132-96(10,11)12,61-127-29-23-85(115)133-97(13,14)15)62-128-30-24-86(116)134-98(16,17)18/h31-48H,19-30,49-62,101-104H2,1-18H3,(H,105,117)(H,106,118)(H,107,119)(H,108,120)(H,109,121)(H,110,122). The van der Waals surface area contributed by atoms with Crippen molar-refractivity contribution >= 4 is 71.3 Å². The Kier molecular flexibility index (Phi) is 40.6. The van der Waals surface area contributed by atoms with E-state index in [1.54, 1.807) is 161 Å². The molecule has 1 heterocycles. The number of amides is 6. The van der Waals surface area contributed by atoms with Gasteiger partial charge in [-0.05, 0) is 276 Å². The molecule has 134 heavy (non-hydrogen) atoms. The largest absolute Gasteiger partial charge is 0.460 e. The summed E-state index contributed by atoms with van der Waals surface area (Å²) < 4.78 is 70.4. The summed E-state index contributed by atoms with van der Waals surface area (Å²) in [6.07, 6.45) is -1.35. The topological polar surface area (TPSA) is 492 Å². The molecule has 0 saturated carbocycles. The first kappa shape index (κ1) is 110. The zero-order valence-electron chi connectivity index (χ0n) is 80.9. The number of hydrogen-bond donors (Lipinski definition) is 10. The molecular formula is C100H138N10O24. The fraction of sp³-hybridized carbons (Fsp3) is 0.520. The van der Waals surface area contributed by atoms with Crippen molar-refractivity contribution in [3.63, 3.8) is 0 Å². The zero-order chi connectivity index (χ0) is 99.2. The van der Waals surface area contributed by atoms with Crippen molar-refractivity contribution < 1.29 is 114 Å². The van der Waals surface area contributed by atoms with E-state index in [0.717, 1.165) is 22.3 Å². The Morgan fingerprint density at radius 2 is 0.448 bits per heavy atom. The third-order valence-corrected chi connectivity index (χ3v) is 19.3. The van der Waals surface area contributed by atoms with Crippen molar-refractivity contribution in [2.75, 3.05) is 79.3 Å². The van der Waals surface area contributed by atoms with Gasteiger partial charge in [0.1, 0.15) is 44.7 Å². The molecule has 34 heteroatoms. The van der Waals surface area contributed by atoms with Gasteiger partial charge in [-0.1, -0.05) is 24.3 Å². The molecule has 0 atom stereocenters. The van der Waals surface area contributed by atoms with Gasteiger partial charge in [-0.2, -0.15) is 0 Å². The Balaban J connectivity index is 1.39. The summed E-state index contributed by atoms with van der Waals surface area (Å²) in [5.41, 5.74) is 22.7. The zero-order valence-corrected chi connectivity index (χ0v) is 80.9. The molecular weight excluding hydrogens is 1730 g/mol. The predicted molar refractivity (Wildman–Crippen MR) is 501 cm³/mol. The number of carbonyl (C=O) groups is 12. The molecule has 0 aliphatic carbocycles. The first-order valence-corrected chi connectivity index (χ1v) is 44.9. The van der Waals surface area contributed by atoms with Crippen LogP contribution in [0.15, 0.2) is 109 Å². The van der Waals surface area contributed by atoms with Gasteiger partial charge < -0.3 is 112 Å². The Labute approximate surface area is 785 Å². The van der Waals surface area contributed by atoms with Crippen LogP contribution < -0.4 is 54.8 Å². The van der Waals surface area contributed by atoms with E-state index < -0.39 is 156 Å². The Hall–Kier alpha value is -11.4. The molecule has 34 nitrogen and oxygen atoms in total. The lowest BCUT2D eigenvalue weighted by molar-refractivity contribution is -0.158. The number of ether oxygens (including phenoxy) is 12. The first-order valence-electron chi connectivity index (χ1n) is 44.9. The maximum absolute atomic E-state index is 15.6. The van der Waals surface area contributed by atoms with Gasteiger partial charge in [0, 0.05) is 85.7 Å². The number of esters is 6. The van der Waals surface area contributed by atoms with Crippen molar-refractivity contribution in [3.8, 4) is 22.3 Å². The summed E-state index contributed by atoms with van der Waals surface area (Å²) in [6, 6.07) is 29.6. The number of hydrogen-bond acceptors (Lipinski definition) is 28. The quantitative estimate of drug-likeness (QED) is 0.00970. The van der Waals surface area contributed by atoms with Crippen molar-refractivity contribution in [2.24, 2.45) is 22.9 Å². The van der Waals surface area contributed by atoms with E-state index in [1.165, 1.54) is 36.4 Å². The van der Waals surface area contributed by atoms with Crippen LogP contribution in [0.3, 0.4) is 0 Å². The summed E-state index contributed by atoms with van der Waals surface area (Å²) in [5, 5.41) is 17.9. The summed E-state index contributed by atoms with van der Waals surface area (Å²) in [5.74, 6) is -8.41. The van der Waals surface area contributed by atoms with Crippen LogP contribution in [0.1, 0.15) is 270 Å². The minimum absolute atomic E-state index is 0.137. The minimum atomic E-state index is -1.74. The lowest BCUT2D eigenvalue weighted by Gasteiger charge is -2.34. The van der Waals surface area contributed by atoms with Crippen molar-refractivity contribution in [3.05, 3.63) is 187 Å². The third-order valence-electron chi connectivity index (χ3n) is 19.3. The molecule has 14 N–H and O–H groups in total. The van der Waals surface area contributed by atoms with E-state index in [9.17, 15) is 28.8 Å². The van der Waals surface area contributed by atoms with E-state index in [0.29, 0.717) is 44.5 Å². The average molecular weight is 1860 g/mol. The second-order valence-corrected chi connectivity index (χ2v) is 39.1. The van der Waals surface area contributed by atoms with Crippen LogP contribution in [0.25, 0.3) is 22.3 Å². The van der Waals surface area contributed by atoms with Gasteiger partial charge in [0.05, 0.1) is 118 Å². The lowest BCUT2D eigenvalue weighted by atomic mass is 9.95. The van der Waals surface area contributed by atoms with Gasteiger partial charge in [-0.25, -0.2) is 0 Å². The van der Waals surface area contributed by atoms with E-state index in [2.05, 4.69) is 31.9 Å². The van der Waals surface area contributed by atoms with Gasteiger partial charge in [-0.3, -0.25) is 57.5 Å². The Bertz CT molecular complexity index is 4460. The smallest absolute Gasteiger partial charge is 0.308 e. The van der Waals surface area contributed by atoms with Gasteiger partial charge in [0.25, 0.3) is 35.4 Å². The van der Waals surface area contributed by atoms with Crippen LogP contribution in [-0.2, 0) is 138 Å². The highest BCUT2D eigenvalue weighted by Gasteiger charge is 2.38. The van der Waals surface area contributed by atoms with Crippen LogP contribution in [0.2, 0.25) is 0 Å². The molecule has 8 bridgehead atoms. The second-order valence-electron chi connectivity index (χ2n) is 39.1. The van der Waals surface area contributed by atoms with E-state index in [-0.39, 0.29) is 164 Å². The molecule has 0 unspecified atom stereocenters. The molecule has 732 valence electrons. The first-order chi connectivity index (χ1) is 62.7. The van der Waals surface area contributed by atoms with Gasteiger partial charge in [0.15, 0.2) is 0 Å². The van der Waals surface area contributed by atoms with Crippen LogP contribution >= 0.6 is 0 Å². The number of rotatable bonds is 40. The van der Waals surface area contributed by atoms with Gasteiger partial charge in [0.2, 0.25) is 0 Å². The summed E-state index contributed by atoms with van der Waals surface area (Å²) in [7, 11) is 0. The average Bonchev–Trinajstić information content (AvgIpc) is 0.811. The molecule has 1 aliphatic rings. The summed E-state index contributed by atoms with van der Waals surface area (Å²) in [4.78, 5) is 171. The van der Waals surface area contributed by atoms with Crippen LogP contribution in [-0.4, -0.2) is 195 Å². The monoisotopic (exact) mass is 1860 g/mol. The van der Waals surface area contributed by atoms with Gasteiger partial charge in [-0.15, -0.1) is 0 Å². The van der Waals surface area contributed by atoms with Crippen molar-refractivity contribution in [1.29, 1.82) is 0 Å². The van der Waals surface area contributed by atoms with Crippen molar-refractivity contribution in [1.82, 2.24) is 31.9 Å². The molecule has 1 aliphatic heterocycles. The molecule has 0 radical (unpaired) electrons. The Morgan fingerprint density at radius 1 is 0.261 bits per heavy atom. The van der Waals surface area contributed by atoms with Gasteiger partial charge >= 0.3 is 35.8 Å². The molecule has 0 fully saturated rings. The summed E-state index contributed by atoms with van der Waals surface area (Å²) in [6.45, 7) is 26.5. The minimum Gasteiger partial charge on any atom is -0.460 e. The van der Waals surface area contributed by atoms with E-state index in [4.69, 9.17) is 79.8 Å². The molecule has 0 aromatic heterocycles. The number of carbonyl (C=O) groups excluding carboxylic acids is 12. The molecule has 6 aromatic carbocycles. The highest BCUT2D eigenvalue weighted by molar-refractivity contribution is 6.06. The fourth-order valence-electron chi connectivity index (χ4n) is 13.8. The van der Waals surface area contributed by atoms with Crippen LogP contribution in [0.5, 0.6) is 0 Å². The van der Waals surface area contributed by atoms with E-state index >= 15 is 28.8 Å². The lowest BCUT2D eigenvalue weighted by Crippen LogP contribution is -2.58. The fourth-order valence-corrected chi connectivity index (χ4v) is 13.8. The third kappa shape index (κ3) is 39.6. The molecule has 7 rings (SSSR count). The Morgan fingerprint density at radius 3 is 0.627 bits per heavy atom. The second kappa shape index (κ2) is 49.7. The highest BCUT2D eigenvalue weighted by atomic mass is 16.6. The maximum atomic E-state index is 15.6. The SMILES string of the molecule is CC(C)(C)OC(=O)CCOCC(COCCC(=O)OC(C)(C)C)(COCCC(=O)OC(C)(C)C)NC(=O)c1cc2cc(c1)C(=O)NCc1cc(cc(-c3cc(CN)cc(CN)c3)c1)CNC(=O)c1cc(cc(C(=O)NC(COCCC(=O)OC(C)(C)C)(COCCC(=O)OC(C)(C)C)COCCC(=O)OC(C)(C)C)c1)C(=O)NCc1cc(cc(-c3cc(CN)cc(CN)c3)c1)CNC2=O. The highest BCUT2D eigenvalue weighted by Crippen LogP contribution is 2.30. The number of benzene rings is 6. The van der Waals surface area contributed by atoms with Crippen molar-refractivity contribution in [2.45, 2.75) is 260 Å². The summed E-state index contributed by atoms with van der Waals surface area (Å²) >= 11 is 0. The maximum Gasteiger partial charge on any atom is 0.308 e. The van der Waals surface area contributed by atoms with Crippen LogP contribution in [0.4, 0.5) is 0 Å². The number of nitrogens with one attached hydrogen (secondary N) is 6. The molecule has 6 amide bonds. The van der Waals surface area contributed by atoms with E-state index in [1.807, 2.05) is 36.4 Å². The molecule has 0 spiro atoms. The predicted octanol–water partition coefficient (Wildman–Crippen LogP) is 10.3. The normalized spacial score (nSPS) is 13.4. The number of fused-ring (bicyclic) bond motifs is 8. The number of nitrogens with two attached hydrogens (primary N) is 4. The van der Waals surface area contributed by atoms with Crippen LogP contribution in [0, 0.1) is 0 Å².